The van der Waals surface area contributed by atoms with Crippen LogP contribution in [0.25, 0.3) is 5.57 Å². The van der Waals surface area contributed by atoms with E-state index in [2.05, 4.69) is 6.58 Å². The van der Waals surface area contributed by atoms with E-state index in [9.17, 15) is 8.78 Å². The lowest BCUT2D eigenvalue weighted by atomic mass is 10.00. The zero-order chi connectivity index (χ0) is 14.6. The number of rotatable bonds is 5. The van der Waals surface area contributed by atoms with Crippen LogP contribution in [0, 0.1) is 0 Å². The van der Waals surface area contributed by atoms with Gasteiger partial charge in [-0.25, -0.2) is 8.78 Å². The molecule has 0 aliphatic rings. The van der Waals surface area contributed by atoms with Crippen LogP contribution in [0.3, 0.4) is 0 Å². The summed E-state index contributed by atoms with van der Waals surface area (Å²) in [6.07, 6.45) is 0. The molecule has 0 spiro atoms. The first-order chi connectivity index (χ1) is 9.46. The number of ether oxygens (including phenoxy) is 1. The van der Waals surface area contributed by atoms with Gasteiger partial charge in [0.2, 0.25) is 0 Å². The van der Waals surface area contributed by atoms with Crippen molar-refractivity contribution in [2.45, 2.75) is 12.8 Å². The van der Waals surface area contributed by atoms with Crippen LogP contribution in [0.15, 0.2) is 61.2 Å². The molecule has 0 aliphatic heterocycles. The Bertz CT molecular complexity index is 568. The number of halogens is 2. The summed E-state index contributed by atoms with van der Waals surface area (Å²) in [5.41, 5.74) is 2.85. The average molecular weight is 274 g/mol. The van der Waals surface area contributed by atoms with E-state index < -0.39 is 12.5 Å². The fraction of sp³-hybridized carbons (Fsp3) is 0.176. The highest BCUT2D eigenvalue weighted by Crippen LogP contribution is 2.24. The molecular formula is C17H16F2O. The van der Waals surface area contributed by atoms with Crippen molar-refractivity contribution in [1.29, 1.82) is 0 Å². The molecule has 2 rings (SSSR count). The van der Waals surface area contributed by atoms with Gasteiger partial charge in [-0.2, -0.15) is 0 Å². The van der Waals surface area contributed by atoms with Crippen molar-refractivity contribution in [2.24, 2.45) is 0 Å². The number of benzene rings is 2. The zero-order valence-electron chi connectivity index (χ0n) is 11.3. The predicted octanol–water partition coefficient (Wildman–Crippen LogP) is 4.78. The fourth-order valence-corrected chi connectivity index (χ4v) is 1.77. The third-order valence-electron chi connectivity index (χ3n) is 2.82. The summed E-state index contributed by atoms with van der Waals surface area (Å²) in [6, 6.07) is 16.8. The third-order valence-corrected chi connectivity index (χ3v) is 2.82. The summed E-state index contributed by atoms with van der Waals surface area (Å²) in [6.45, 7) is 4.26. The van der Waals surface area contributed by atoms with Gasteiger partial charge >= 0.3 is 0 Å². The van der Waals surface area contributed by atoms with Gasteiger partial charge in [-0.1, -0.05) is 49.0 Å². The lowest BCUT2D eigenvalue weighted by molar-refractivity contribution is -0.0229. The maximum Gasteiger partial charge on any atom is 0.278 e. The minimum Gasteiger partial charge on any atom is -0.487 e. The van der Waals surface area contributed by atoms with Crippen LogP contribution in [-0.2, 0) is 0 Å². The Morgan fingerprint density at radius 3 is 2.10 bits per heavy atom. The van der Waals surface area contributed by atoms with Gasteiger partial charge in [-0.15, -0.1) is 0 Å². The normalized spacial score (nSPS) is 11.2. The molecule has 0 bridgehead atoms. The largest absolute Gasteiger partial charge is 0.487 e. The first-order valence-electron chi connectivity index (χ1n) is 6.31. The lowest BCUT2D eigenvalue weighted by Gasteiger charge is -2.12. The SMILES string of the molecule is C=C(c1ccccc1)c1ccc(OCC(C)(F)F)cc1. The van der Waals surface area contributed by atoms with Crippen molar-refractivity contribution >= 4 is 5.57 Å². The minimum absolute atomic E-state index is 0.427. The van der Waals surface area contributed by atoms with Gasteiger partial charge in [0.25, 0.3) is 5.92 Å². The molecule has 2 aromatic carbocycles. The zero-order valence-corrected chi connectivity index (χ0v) is 11.3. The molecule has 1 nitrogen and oxygen atoms in total. The van der Waals surface area contributed by atoms with E-state index in [0.717, 1.165) is 23.6 Å². The molecule has 0 atom stereocenters. The summed E-state index contributed by atoms with van der Waals surface area (Å²) in [5, 5.41) is 0. The van der Waals surface area contributed by atoms with E-state index >= 15 is 0 Å². The van der Waals surface area contributed by atoms with Gasteiger partial charge in [0.1, 0.15) is 5.75 Å². The average Bonchev–Trinajstić information content (AvgIpc) is 2.45. The maximum absolute atomic E-state index is 12.7. The van der Waals surface area contributed by atoms with Gasteiger partial charge in [-0.05, 0) is 28.8 Å². The highest BCUT2D eigenvalue weighted by molar-refractivity contribution is 5.78. The first kappa shape index (κ1) is 14.3. The molecule has 0 heterocycles. The first-order valence-corrected chi connectivity index (χ1v) is 6.31. The van der Waals surface area contributed by atoms with Crippen LogP contribution in [0.1, 0.15) is 18.1 Å². The highest BCUT2D eigenvalue weighted by atomic mass is 19.3. The summed E-state index contributed by atoms with van der Waals surface area (Å²) in [5.74, 6) is -2.40. The Labute approximate surface area is 117 Å². The van der Waals surface area contributed by atoms with Crippen molar-refractivity contribution < 1.29 is 13.5 Å². The Balaban J connectivity index is 2.07. The molecule has 3 heteroatoms. The predicted molar refractivity (Wildman–Crippen MR) is 77.1 cm³/mol. The maximum atomic E-state index is 12.7. The van der Waals surface area contributed by atoms with Crippen LogP contribution in [0.2, 0.25) is 0 Å². The van der Waals surface area contributed by atoms with Gasteiger partial charge in [0, 0.05) is 6.92 Å². The molecule has 0 radical (unpaired) electrons. The quantitative estimate of drug-likeness (QED) is 0.762. The molecule has 0 fully saturated rings. The van der Waals surface area contributed by atoms with Crippen LogP contribution in [0.4, 0.5) is 8.78 Å². The Hall–Kier alpha value is -2.16. The molecule has 0 amide bonds. The van der Waals surface area contributed by atoms with Crippen LogP contribution in [0.5, 0.6) is 5.75 Å². The lowest BCUT2D eigenvalue weighted by Crippen LogP contribution is -2.20. The second-order valence-electron chi connectivity index (χ2n) is 4.73. The second kappa shape index (κ2) is 5.87. The molecule has 0 saturated heterocycles. The van der Waals surface area contributed by atoms with Gasteiger partial charge < -0.3 is 4.74 Å². The number of alkyl halides is 2. The topological polar surface area (TPSA) is 9.23 Å². The van der Waals surface area contributed by atoms with Gasteiger partial charge in [0.15, 0.2) is 6.61 Å². The highest BCUT2D eigenvalue weighted by Gasteiger charge is 2.21. The molecule has 0 unspecified atom stereocenters. The molecule has 0 N–H and O–H groups in total. The molecular weight excluding hydrogens is 258 g/mol. The molecule has 0 saturated carbocycles. The molecule has 2 aromatic rings. The fourth-order valence-electron chi connectivity index (χ4n) is 1.77. The molecule has 0 aromatic heterocycles. The number of hydrogen-bond donors (Lipinski definition) is 0. The third kappa shape index (κ3) is 3.92. The van der Waals surface area contributed by atoms with Crippen LogP contribution in [-0.4, -0.2) is 12.5 Å². The van der Waals surface area contributed by atoms with Crippen molar-refractivity contribution in [1.82, 2.24) is 0 Å². The second-order valence-corrected chi connectivity index (χ2v) is 4.73. The molecule has 20 heavy (non-hydrogen) atoms. The van der Waals surface area contributed by atoms with E-state index in [-0.39, 0.29) is 0 Å². The summed E-state index contributed by atoms with van der Waals surface area (Å²) < 4.78 is 30.4. The Morgan fingerprint density at radius 1 is 1.00 bits per heavy atom. The summed E-state index contributed by atoms with van der Waals surface area (Å²) in [4.78, 5) is 0. The minimum atomic E-state index is -2.83. The van der Waals surface area contributed by atoms with Crippen molar-refractivity contribution in [3.05, 3.63) is 72.3 Å². The van der Waals surface area contributed by atoms with Crippen LogP contribution >= 0.6 is 0 Å². The van der Waals surface area contributed by atoms with Gasteiger partial charge in [-0.3, -0.25) is 0 Å². The molecule has 104 valence electrons. The Kier molecular flexibility index (Phi) is 4.18. The van der Waals surface area contributed by atoms with Crippen molar-refractivity contribution in [3.8, 4) is 5.75 Å². The van der Waals surface area contributed by atoms with E-state index in [1.54, 1.807) is 12.1 Å². The summed E-state index contributed by atoms with van der Waals surface area (Å²) >= 11 is 0. The van der Waals surface area contributed by atoms with Crippen LogP contribution < -0.4 is 4.74 Å². The number of hydrogen-bond acceptors (Lipinski definition) is 1. The van der Waals surface area contributed by atoms with E-state index in [1.807, 2.05) is 42.5 Å². The monoisotopic (exact) mass is 274 g/mol. The summed E-state index contributed by atoms with van der Waals surface area (Å²) in [7, 11) is 0. The smallest absolute Gasteiger partial charge is 0.278 e. The van der Waals surface area contributed by atoms with Crippen molar-refractivity contribution in [3.63, 3.8) is 0 Å². The van der Waals surface area contributed by atoms with Crippen molar-refractivity contribution in [2.75, 3.05) is 6.61 Å². The standard InChI is InChI=1S/C17H16F2O/c1-13(14-6-4-3-5-7-14)15-8-10-16(11-9-15)20-12-17(2,18)19/h3-11H,1,12H2,2H3. The van der Waals surface area contributed by atoms with E-state index in [0.29, 0.717) is 5.75 Å². The van der Waals surface area contributed by atoms with Gasteiger partial charge in [0.05, 0.1) is 0 Å². The molecule has 0 aliphatic carbocycles. The Morgan fingerprint density at radius 2 is 1.55 bits per heavy atom. The van der Waals surface area contributed by atoms with E-state index in [1.165, 1.54) is 0 Å². The van der Waals surface area contributed by atoms with E-state index in [4.69, 9.17) is 4.74 Å².